The van der Waals surface area contributed by atoms with Crippen LogP contribution in [-0.2, 0) is 6.42 Å². The molecule has 4 nitrogen and oxygen atoms in total. The number of ether oxygens (including phenoxy) is 1. The van der Waals surface area contributed by atoms with E-state index in [0.29, 0.717) is 17.9 Å². The molecule has 0 aliphatic heterocycles. The SMILES string of the molecule is CCCCOc1cccc(C(=O)NC(=S)Nc2c(C)cccc2CC)c1. The zero-order valence-electron chi connectivity index (χ0n) is 15.6. The molecule has 0 spiro atoms. The highest BCUT2D eigenvalue weighted by atomic mass is 32.1. The van der Waals surface area contributed by atoms with Crippen molar-refractivity contribution in [3.05, 3.63) is 59.2 Å². The number of hydrogen-bond acceptors (Lipinski definition) is 3. The number of thiocarbonyl (C=S) groups is 1. The van der Waals surface area contributed by atoms with E-state index in [2.05, 4.69) is 30.5 Å². The van der Waals surface area contributed by atoms with Crippen LogP contribution in [0.25, 0.3) is 0 Å². The Hall–Kier alpha value is -2.40. The summed E-state index contributed by atoms with van der Waals surface area (Å²) < 4.78 is 5.66. The average molecular weight is 371 g/mol. The molecule has 2 rings (SSSR count). The molecule has 0 aromatic heterocycles. The number of carbonyl (C=O) groups is 1. The van der Waals surface area contributed by atoms with Gasteiger partial charge in [-0.1, -0.05) is 44.5 Å². The van der Waals surface area contributed by atoms with E-state index in [1.165, 1.54) is 0 Å². The first-order chi connectivity index (χ1) is 12.5. The van der Waals surface area contributed by atoms with Crippen molar-refractivity contribution in [1.82, 2.24) is 5.32 Å². The number of carbonyl (C=O) groups excluding carboxylic acids is 1. The maximum atomic E-state index is 12.5. The summed E-state index contributed by atoms with van der Waals surface area (Å²) in [4.78, 5) is 12.5. The molecular weight excluding hydrogens is 344 g/mol. The molecule has 0 atom stereocenters. The van der Waals surface area contributed by atoms with E-state index in [0.717, 1.165) is 36.1 Å². The molecule has 26 heavy (non-hydrogen) atoms. The molecule has 0 aliphatic rings. The normalized spacial score (nSPS) is 10.3. The largest absolute Gasteiger partial charge is 0.494 e. The second-order valence-electron chi connectivity index (χ2n) is 6.10. The monoisotopic (exact) mass is 370 g/mol. The van der Waals surface area contributed by atoms with Crippen LogP contribution in [-0.4, -0.2) is 17.6 Å². The lowest BCUT2D eigenvalue weighted by Crippen LogP contribution is -2.34. The lowest BCUT2D eigenvalue weighted by molar-refractivity contribution is 0.0977. The highest BCUT2D eigenvalue weighted by Gasteiger charge is 2.11. The summed E-state index contributed by atoms with van der Waals surface area (Å²) in [5.41, 5.74) is 3.72. The van der Waals surface area contributed by atoms with Crippen molar-refractivity contribution in [1.29, 1.82) is 0 Å². The minimum atomic E-state index is -0.255. The van der Waals surface area contributed by atoms with Gasteiger partial charge in [-0.3, -0.25) is 10.1 Å². The van der Waals surface area contributed by atoms with Crippen molar-refractivity contribution >= 4 is 28.9 Å². The van der Waals surface area contributed by atoms with Crippen LogP contribution in [0.15, 0.2) is 42.5 Å². The fourth-order valence-electron chi connectivity index (χ4n) is 2.58. The second-order valence-corrected chi connectivity index (χ2v) is 6.51. The molecule has 0 bridgehead atoms. The number of benzene rings is 2. The van der Waals surface area contributed by atoms with Gasteiger partial charge in [0.25, 0.3) is 5.91 Å². The maximum absolute atomic E-state index is 12.5. The number of para-hydroxylation sites is 1. The molecule has 2 N–H and O–H groups in total. The van der Waals surface area contributed by atoms with Gasteiger partial charge < -0.3 is 10.1 Å². The number of aryl methyl sites for hydroxylation is 2. The topological polar surface area (TPSA) is 50.4 Å². The number of amides is 1. The molecular formula is C21H26N2O2S. The van der Waals surface area contributed by atoms with Gasteiger partial charge >= 0.3 is 0 Å². The Bertz CT molecular complexity index is 774. The fourth-order valence-corrected chi connectivity index (χ4v) is 2.78. The average Bonchev–Trinajstić information content (AvgIpc) is 2.64. The van der Waals surface area contributed by atoms with Crippen molar-refractivity contribution in [3.8, 4) is 5.75 Å². The fraction of sp³-hybridized carbons (Fsp3) is 0.333. The van der Waals surface area contributed by atoms with E-state index in [1.807, 2.05) is 31.2 Å². The maximum Gasteiger partial charge on any atom is 0.257 e. The van der Waals surface area contributed by atoms with Crippen LogP contribution >= 0.6 is 12.2 Å². The highest BCUT2D eigenvalue weighted by molar-refractivity contribution is 7.80. The van der Waals surface area contributed by atoms with Gasteiger partial charge in [-0.15, -0.1) is 0 Å². The molecule has 0 saturated heterocycles. The van der Waals surface area contributed by atoms with Crippen LogP contribution in [0.2, 0.25) is 0 Å². The third-order valence-corrected chi connectivity index (χ3v) is 4.27. The zero-order valence-corrected chi connectivity index (χ0v) is 16.4. The summed E-state index contributed by atoms with van der Waals surface area (Å²) in [5.74, 6) is 0.437. The Morgan fingerprint density at radius 2 is 1.92 bits per heavy atom. The molecule has 2 aromatic carbocycles. The molecule has 0 unspecified atom stereocenters. The van der Waals surface area contributed by atoms with Gasteiger partial charge in [-0.25, -0.2) is 0 Å². The molecule has 5 heteroatoms. The summed E-state index contributed by atoms with van der Waals surface area (Å²) in [7, 11) is 0. The van der Waals surface area contributed by atoms with Gasteiger partial charge in [0, 0.05) is 11.3 Å². The summed E-state index contributed by atoms with van der Waals surface area (Å²) in [5, 5.41) is 6.19. The first-order valence-corrected chi connectivity index (χ1v) is 9.39. The van der Waals surface area contributed by atoms with E-state index < -0.39 is 0 Å². The van der Waals surface area contributed by atoms with Gasteiger partial charge in [-0.05, 0) is 61.3 Å². The van der Waals surface area contributed by atoms with E-state index >= 15 is 0 Å². The second kappa shape index (κ2) is 9.92. The summed E-state index contributed by atoms with van der Waals surface area (Å²) in [6.45, 7) is 6.86. The van der Waals surface area contributed by atoms with Crippen LogP contribution < -0.4 is 15.4 Å². The molecule has 0 saturated carbocycles. The van der Waals surface area contributed by atoms with Gasteiger partial charge in [0.05, 0.1) is 6.61 Å². The Kier molecular flexibility index (Phi) is 7.60. The van der Waals surface area contributed by atoms with E-state index in [1.54, 1.807) is 12.1 Å². The number of hydrogen-bond donors (Lipinski definition) is 2. The van der Waals surface area contributed by atoms with E-state index in [4.69, 9.17) is 17.0 Å². The predicted molar refractivity (Wildman–Crippen MR) is 111 cm³/mol. The Morgan fingerprint density at radius 3 is 2.65 bits per heavy atom. The standard InChI is InChI=1S/C21H26N2O2S/c1-4-6-13-25-18-12-8-11-17(14-18)20(24)23-21(26)22-19-15(3)9-7-10-16(19)5-2/h7-12,14H,4-6,13H2,1-3H3,(H2,22,23,24,26). The van der Waals surface area contributed by atoms with Crippen molar-refractivity contribution in [2.24, 2.45) is 0 Å². The molecule has 0 heterocycles. The smallest absolute Gasteiger partial charge is 0.257 e. The summed E-state index contributed by atoms with van der Waals surface area (Å²) in [6, 6.07) is 13.2. The molecule has 138 valence electrons. The molecule has 0 radical (unpaired) electrons. The Labute approximate surface area is 161 Å². The first-order valence-electron chi connectivity index (χ1n) is 8.98. The van der Waals surface area contributed by atoms with Crippen LogP contribution in [0.1, 0.15) is 48.2 Å². The van der Waals surface area contributed by atoms with Crippen molar-refractivity contribution in [3.63, 3.8) is 0 Å². The molecule has 2 aromatic rings. The van der Waals surface area contributed by atoms with E-state index in [-0.39, 0.29) is 11.0 Å². The number of nitrogens with one attached hydrogen (secondary N) is 2. The van der Waals surface area contributed by atoms with Gasteiger partial charge in [0.1, 0.15) is 5.75 Å². The molecule has 1 amide bonds. The molecule has 0 fully saturated rings. The third kappa shape index (κ3) is 5.56. The Morgan fingerprint density at radius 1 is 1.15 bits per heavy atom. The van der Waals surface area contributed by atoms with Crippen molar-refractivity contribution < 1.29 is 9.53 Å². The van der Waals surface area contributed by atoms with Crippen LogP contribution in [0.5, 0.6) is 5.75 Å². The Balaban J connectivity index is 2.01. The quantitative estimate of drug-likeness (QED) is 0.540. The number of unbranched alkanes of at least 4 members (excludes halogenated alkanes) is 1. The predicted octanol–water partition coefficient (Wildman–Crippen LogP) is 4.86. The van der Waals surface area contributed by atoms with Crippen molar-refractivity contribution in [2.75, 3.05) is 11.9 Å². The number of rotatable bonds is 7. The summed E-state index contributed by atoms with van der Waals surface area (Å²) in [6.07, 6.45) is 2.94. The van der Waals surface area contributed by atoms with Gasteiger partial charge in [0.2, 0.25) is 0 Å². The zero-order chi connectivity index (χ0) is 18.9. The number of anilines is 1. The van der Waals surface area contributed by atoms with E-state index in [9.17, 15) is 4.79 Å². The highest BCUT2D eigenvalue weighted by Crippen LogP contribution is 2.21. The first kappa shape index (κ1) is 19.9. The minimum absolute atomic E-state index is 0.255. The van der Waals surface area contributed by atoms with Gasteiger partial charge in [-0.2, -0.15) is 0 Å². The lowest BCUT2D eigenvalue weighted by Gasteiger charge is -2.15. The lowest BCUT2D eigenvalue weighted by atomic mass is 10.1. The van der Waals surface area contributed by atoms with Crippen LogP contribution in [0.4, 0.5) is 5.69 Å². The summed E-state index contributed by atoms with van der Waals surface area (Å²) >= 11 is 5.32. The van der Waals surface area contributed by atoms with Crippen molar-refractivity contribution in [2.45, 2.75) is 40.0 Å². The van der Waals surface area contributed by atoms with Gasteiger partial charge in [0.15, 0.2) is 5.11 Å². The molecule has 0 aliphatic carbocycles. The third-order valence-electron chi connectivity index (χ3n) is 4.07. The van der Waals surface area contributed by atoms with Crippen LogP contribution in [0.3, 0.4) is 0 Å². The van der Waals surface area contributed by atoms with Crippen LogP contribution in [0, 0.1) is 6.92 Å². The minimum Gasteiger partial charge on any atom is -0.494 e.